The van der Waals surface area contributed by atoms with Crippen molar-refractivity contribution in [1.29, 1.82) is 5.26 Å². The quantitative estimate of drug-likeness (QED) is 0.298. The van der Waals surface area contributed by atoms with Crippen LogP contribution in [0, 0.1) is 11.3 Å². The molecule has 3 aromatic rings. The Bertz CT molecular complexity index is 1440. The molecule has 1 atom stereocenters. The number of carbonyl (C=O) groups excluding carboxylic acids is 3. The number of ether oxygens (including phenoxy) is 2. The van der Waals surface area contributed by atoms with Crippen molar-refractivity contribution in [2.45, 2.75) is 25.9 Å². The molecule has 0 saturated carbocycles. The highest BCUT2D eigenvalue weighted by molar-refractivity contribution is 6.37. The van der Waals surface area contributed by atoms with Gasteiger partial charge in [0.05, 0.1) is 28.4 Å². The van der Waals surface area contributed by atoms with Crippen LogP contribution in [0.5, 0.6) is 11.5 Å². The number of anilines is 1. The molecule has 1 aliphatic heterocycles. The van der Waals surface area contributed by atoms with Crippen molar-refractivity contribution in [1.82, 2.24) is 15.6 Å². The fourth-order valence-electron chi connectivity index (χ4n) is 4.03. The zero-order chi connectivity index (χ0) is 28.6. The molecule has 4 rings (SSSR count). The summed E-state index contributed by atoms with van der Waals surface area (Å²) in [7, 11) is 0. The lowest BCUT2D eigenvalue weighted by molar-refractivity contribution is -0.121. The average molecular weight is 582 g/mol. The number of hydrazine groups is 1. The van der Waals surface area contributed by atoms with E-state index in [9.17, 15) is 19.6 Å². The number of rotatable bonds is 9. The number of amides is 3. The molecule has 0 aromatic heterocycles. The summed E-state index contributed by atoms with van der Waals surface area (Å²) < 4.78 is 10.6. The number of benzene rings is 3. The maximum absolute atomic E-state index is 13.1. The highest BCUT2D eigenvalue weighted by Crippen LogP contribution is 2.39. The second-order valence-electron chi connectivity index (χ2n) is 8.69. The Balaban J connectivity index is 1.40. The molecule has 10 nitrogen and oxygen atoms in total. The first kappa shape index (κ1) is 28.7. The predicted octanol–water partition coefficient (Wildman–Crippen LogP) is 5.07. The molecular formula is C28H25Cl2N5O5. The summed E-state index contributed by atoms with van der Waals surface area (Å²) in [4.78, 5) is 38.4. The molecule has 0 radical (unpaired) electrons. The van der Waals surface area contributed by atoms with Gasteiger partial charge in [-0.2, -0.15) is 5.26 Å². The van der Waals surface area contributed by atoms with Gasteiger partial charge in [0.25, 0.3) is 11.8 Å². The van der Waals surface area contributed by atoms with Crippen molar-refractivity contribution >= 4 is 46.8 Å². The average Bonchev–Trinajstić information content (AvgIpc) is 2.93. The number of imide groups is 1. The van der Waals surface area contributed by atoms with E-state index in [1.54, 1.807) is 31.2 Å². The van der Waals surface area contributed by atoms with Crippen molar-refractivity contribution in [2.24, 2.45) is 0 Å². The van der Waals surface area contributed by atoms with Crippen LogP contribution in [-0.4, -0.2) is 42.0 Å². The van der Waals surface area contributed by atoms with Crippen LogP contribution >= 0.6 is 23.2 Å². The normalized spacial score (nSPS) is 13.1. The van der Waals surface area contributed by atoms with Crippen molar-refractivity contribution in [3.63, 3.8) is 0 Å². The van der Waals surface area contributed by atoms with E-state index in [0.29, 0.717) is 36.5 Å². The van der Waals surface area contributed by atoms with Crippen LogP contribution in [0.4, 0.5) is 10.5 Å². The summed E-state index contributed by atoms with van der Waals surface area (Å²) in [5.74, 6) is -0.286. The Hall–Kier alpha value is -4.30. The molecule has 1 aliphatic rings. The smallest absolute Gasteiger partial charge is 0.413 e. The maximum atomic E-state index is 13.1. The van der Waals surface area contributed by atoms with Gasteiger partial charge in [0.15, 0.2) is 11.8 Å². The first-order chi connectivity index (χ1) is 19.3. The van der Waals surface area contributed by atoms with E-state index in [-0.39, 0.29) is 28.3 Å². The largest absolute Gasteiger partial charge is 0.454 e. The maximum Gasteiger partial charge on any atom is 0.413 e. The summed E-state index contributed by atoms with van der Waals surface area (Å²) in [6.45, 7) is 2.79. The summed E-state index contributed by atoms with van der Waals surface area (Å²) in [5, 5.41) is 11.5. The van der Waals surface area contributed by atoms with E-state index in [1.807, 2.05) is 40.5 Å². The molecule has 0 saturated heterocycles. The van der Waals surface area contributed by atoms with Gasteiger partial charge in [0, 0.05) is 18.7 Å². The highest BCUT2D eigenvalue weighted by atomic mass is 35.5. The van der Waals surface area contributed by atoms with Gasteiger partial charge in [0.2, 0.25) is 0 Å². The lowest BCUT2D eigenvalue weighted by atomic mass is 9.98. The van der Waals surface area contributed by atoms with Gasteiger partial charge in [-0.05, 0) is 54.8 Å². The molecule has 3 amide bonds. The number of carbonyl (C=O) groups is 3. The van der Waals surface area contributed by atoms with E-state index in [2.05, 4.69) is 15.6 Å². The number of hydrogen-bond acceptors (Lipinski definition) is 8. The molecule has 0 bridgehead atoms. The molecule has 1 unspecified atom stereocenters. The standard InChI is InChI=1S/C28H25Cl2N5O5/c1-2-39-28(38)32-26(36)24(15-31)34-33-19-13-22(29)25(23(30)14-19)40-20-8-9-21-18(12-20)10-11-35(27(21)37)16-17-6-4-3-5-7-17/h3-9,12-14,24,33-34H,2,10-11,16H2,1H3,(H,32,36,38). The number of nitriles is 1. The molecule has 0 fully saturated rings. The summed E-state index contributed by atoms with van der Waals surface area (Å²) in [6, 6.07) is 18.3. The zero-order valence-corrected chi connectivity index (χ0v) is 22.9. The SMILES string of the molecule is CCOC(=O)NC(=O)C(C#N)NNc1cc(Cl)c(Oc2ccc3c(c2)CCN(Cc2ccccc2)C3=O)c(Cl)c1. The number of alkyl carbamates (subject to hydrolysis) is 1. The van der Waals surface area contributed by atoms with Gasteiger partial charge in [-0.25, -0.2) is 10.2 Å². The Kier molecular flexibility index (Phi) is 9.45. The molecule has 3 aromatic carbocycles. The monoisotopic (exact) mass is 581 g/mol. The van der Waals surface area contributed by atoms with Gasteiger partial charge in [0.1, 0.15) is 5.75 Å². The molecule has 3 N–H and O–H groups in total. The topological polar surface area (TPSA) is 133 Å². The van der Waals surface area contributed by atoms with E-state index < -0.39 is 18.0 Å². The third-order valence-corrected chi connectivity index (χ3v) is 6.49. The highest BCUT2D eigenvalue weighted by Gasteiger charge is 2.25. The van der Waals surface area contributed by atoms with Crippen LogP contribution < -0.4 is 20.9 Å². The van der Waals surface area contributed by atoms with Crippen LogP contribution in [0.1, 0.15) is 28.4 Å². The van der Waals surface area contributed by atoms with Gasteiger partial charge in [-0.3, -0.25) is 14.9 Å². The first-order valence-corrected chi connectivity index (χ1v) is 13.1. The molecule has 0 spiro atoms. The second-order valence-corrected chi connectivity index (χ2v) is 9.51. The van der Waals surface area contributed by atoms with Crippen LogP contribution in [0.3, 0.4) is 0 Å². The van der Waals surface area contributed by atoms with Crippen LogP contribution in [0.2, 0.25) is 10.0 Å². The summed E-state index contributed by atoms with van der Waals surface area (Å²) >= 11 is 12.8. The zero-order valence-electron chi connectivity index (χ0n) is 21.4. The lowest BCUT2D eigenvalue weighted by Crippen LogP contribution is -2.47. The van der Waals surface area contributed by atoms with E-state index in [1.165, 1.54) is 12.1 Å². The third-order valence-electron chi connectivity index (χ3n) is 5.93. The fourth-order valence-corrected chi connectivity index (χ4v) is 4.59. The predicted molar refractivity (Wildman–Crippen MR) is 149 cm³/mol. The molecule has 0 aliphatic carbocycles. The van der Waals surface area contributed by atoms with Crippen molar-refractivity contribution in [2.75, 3.05) is 18.6 Å². The van der Waals surface area contributed by atoms with Crippen molar-refractivity contribution in [3.05, 3.63) is 87.4 Å². The Morgan fingerprint density at radius 2 is 1.82 bits per heavy atom. The summed E-state index contributed by atoms with van der Waals surface area (Å²) in [5.41, 5.74) is 8.05. The third kappa shape index (κ3) is 7.01. The Labute approximate surface area is 240 Å². The van der Waals surface area contributed by atoms with Crippen LogP contribution in [-0.2, 0) is 22.5 Å². The number of fused-ring (bicyclic) bond motifs is 1. The first-order valence-electron chi connectivity index (χ1n) is 12.3. The van der Waals surface area contributed by atoms with E-state index in [4.69, 9.17) is 27.9 Å². The van der Waals surface area contributed by atoms with E-state index in [0.717, 1.165) is 11.1 Å². The molecule has 40 heavy (non-hydrogen) atoms. The van der Waals surface area contributed by atoms with E-state index >= 15 is 0 Å². The minimum absolute atomic E-state index is 0.0396. The number of hydrogen-bond donors (Lipinski definition) is 3. The van der Waals surface area contributed by atoms with Crippen molar-refractivity contribution in [3.8, 4) is 17.6 Å². The molecule has 1 heterocycles. The number of halogens is 2. The molecular weight excluding hydrogens is 557 g/mol. The minimum Gasteiger partial charge on any atom is -0.454 e. The molecule has 12 heteroatoms. The Morgan fingerprint density at radius 3 is 2.50 bits per heavy atom. The minimum atomic E-state index is -1.42. The van der Waals surface area contributed by atoms with Gasteiger partial charge >= 0.3 is 6.09 Å². The second kappa shape index (κ2) is 13.2. The summed E-state index contributed by atoms with van der Waals surface area (Å²) in [6.07, 6.45) is -0.288. The number of nitrogens with one attached hydrogen (secondary N) is 3. The fraction of sp³-hybridized carbons (Fsp3) is 0.214. The van der Waals surface area contributed by atoms with Gasteiger partial charge in [-0.15, -0.1) is 0 Å². The van der Waals surface area contributed by atoms with Crippen LogP contribution in [0.15, 0.2) is 60.7 Å². The lowest BCUT2D eigenvalue weighted by Gasteiger charge is -2.29. The van der Waals surface area contributed by atoms with Gasteiger partial charge in [-0.1, -0.05) is 53.5 Å². The Morgan fingerprint density at radius 1 is 1.10 bits per heavy atom. The van der Waals surface area contributed by atoms with Gasteiger partial charge < -0.3 is 19.8 Å². The number of nitrogens with zero attached hydrogens (tertiary/aromatic N) is 2. The van der Waals surface area contributed by atoms with Crippen LogP contribution in [0.25, 0.3) is 0 Å². The van der Waals surface area contributed by atoms with Crippen molar-refractivity contribution < 1.29 is 23.9 Å². The molecule has 206 valence electrons.